The number of rotatable bonds is 1. The summed E-state index contributed by atoms with van der Waals surface area (Å²) in [5.74, 6) is 0. The lowest BCUT2D eigenvalue weighted by Gasteiger charge is -2.32. The zero-order chi connectivity index (χ0) is 23.8. The molecule has 0 aromatic rings. The fourth-order valence-corrected chi connectivity index (χ4v) is 4.24. The van der Waals surface area contributed by atoms with Crippen molar-refractivity contribution in [2.45, 2.75) is 95.9 Å². The Morgan fingerprint density at radius 1 is 0.774 bits per heavy atom. The van der Waals surface area contributed by atoms with Gasteiger partial charge in [-0.2, -0.15) is 12.6 Å². The van der Waals surface area contributed by atoms with Gasteiger partial charge >= 0.3 is 12.2 Å². The van der Waals surface area contributed by atoms with Gasteiger partial charge < -0.3 is 19.3 Å². The van der Waals surface area contributed by atoms with Crippen LogP contribution in [0.15, 0.2) is 0 Å². The van der Waals surface area contributed by atoms with Crippen molar-refractivity contribution in [1.82, 2.24) is 9.80 Å². The lowest BCUT2D eigenvalue weighted by atomic mass is 10.1. The van der Waals surface area contributed by atoms with Crippen LogP contribution in [-0.4, -0.2) is 75.0 Å². The summed E-state index contributed by atoms with van der Waals surface area (Å²) in [5.41, 5.74) is -0.836. The molecule has 2 heterocycles. The van der Waals surface area contributed by atoms with Crippen LogP contribution in [-0.2, 0) is 14.3 Å². The normalized spacial score (nSPS) is 18.7. The van der Waals surface area contributed by atoms with Crippen molar-refractivity contribution in [3.05, 3.63) is 0 Å². The zero-order valence-corrected chi connectivity index (χ0v) is 21.8. The van der Waals surface area contributed by atoms with E-state index in [4.69, 9.17) is 9.47 Å². The quantitative estimate of drug-likeness (QED) is 0.538. The molecule has 180 valence electrons. The fraction of sp³-hybridized carbons (Fsp3) is 0.864. The minimum absolute atomic E-state index is 0.153. The second-order valence-electron chi connectivity index (χ2n) is 9.97. The van der Waals surface area contributed by atoms with E-state index in [1.807, 2.05) is 41.5 Å². The van der Waals surface area contributed by atoms with Gasteiger partial charge in [0.15, 0.2) is 5.12 Å². The van der Waals surface area contributed by atoms with E-state index in [1.54, 1.807) is 16.7 Å². The molecular formula is C22H40N2O5S2. The number of thiol groups is 1. The Morgan fingerprint density at radius 3 is 1.45 bits per heavy atom. The third-order valence-corrected chi connectivity index (χ3v) is 6.20. The van der Waals surface area contributed by atoms with Gasteiger partial charge in [-0.15, -0.1) is 0 Å². The van der Waals surface area contributed by atoms with Crippen molar-refractivity contribution in [1.29, 1.82) is 0 Å². The maximum atomic E-state index is 11.8. The van der Waals surface area contributed by atoms with E-state index in [-0.39, 0.29) is 17.3 Å². The highest BCUT2D eigenvalue weighted by molar-refractivity contribution is 8.14. The van der Waals surface area contributed by atoms with Gasteiger partial charge in [-0.25, -0.2) is 9.59 Å². The summed E-state index contributed by atoms with van der Waals surface area (Å²) >= 11 is 5.76. The Labute approximate surface area is 197 Å². The molecule has 0 aromatic carbocycles. The van der Waals surface area contributed by atoms with Crippen LogP contribution in [0.5, 0.6) is 0 Å². The molecule has 0 saturated carbocycles. The minimum Gasteiger partial charge on any atom is -0.444 e. The first kappa shape index (κ1) is 27.9. The molecule has 0 aliphatic carbocycles. The molecule has 2 aliphatic rings. The Bertz CT molecular complexity index is 600. The topological polar surface area (TPSA) is 76.1 Å². The third kappa shape index (κ3) is 12.5. The molecule has 2 aliphatic heterocycles. The Balaban J connectivity index is 0.000000316. The molecule has 0 bridgehead atoms. The van der Waals surface area contributed by atoms with Gasteiger partial charge in [0.1, 0.15) is 11.2 Å². The Kier molecular flexibility index (Phi) is 11.0. The first-order chi connectivity index (χ1) is 14.2. The van der Waals surface area contributed by atoms with Crippen LogP contribution in [0.3, 0.4) is 0 Å². The molecule has 0 radical (unpaired) electrons. The number of thioether (sulfide) groups is 1. The molecule has 0 N–H and O–H groups in total. The Morgan fingerprint density at radius 2 is 1.13 bits per heavy atom. The highest BCUT2D eigenvalue weighted by atomic mass is 32.2. The summed E-state index contributed by atoms with van der Waals surface area (Å²) in [4.78, 5) is 37.8. The largest absolute Gasteiger partial charge is 0.444 e. The van der Waals surface area contributed by atoms with Crippen molar-refractivity contribution >= 4 is 41.7 Å². The number of hydrogen-bond donors (Lipinski definition) is 1. The van der Waals surface area contributed by atoms with Crippen molar-refractivity contribution < 1.29 is 23.9 Å². The summed E-state index contributed by atoms with van der Waals surface area (Å²) in [6.45, 7) is 15.7. The molecule has 0 aromatic heterocycles. The summed E-state index contributed by atoms with van der Waals surface area (Å²) in [5, 5.41) is 0.945. The van der Waals surface area contributed by atoms with Crippen LogP contribution >= 0.6 is 24.4 Å². The van der Waals surface area contributed by atoms with Gasteiger partial charge in [0.05, 0.1) is 0 Å². The number of carbonyl (C=O) groups is 3. The van der Waals surface area contributed by atoms with E-state index in [2.05, 4.69) is 12.6 Å². The van der Waals surface area contributed by atoms with E-state index in [0.29, 0.717) is 23.6 Å². The minimum atomic E-state index is -0.442. The van der Waals surface area contributed by atoms with Crippen LogP contribution in [0.2, 0.25) is 0 Å². The van der Waals surface area contributed by atoms with E-state index >= 15 is 0 Å². The molecule has 2 saturated heterocycles. The second-order valence-corrected chi connectivity index (χ2v) is 12.2. The number of hydrogen-bond acceptors (Lipinski definition) is 7. The smallest absolute Gasteiger partial charge is 0.410 e. The van der Waals surface area contributed by atoms with Crippen molar-refractivity contribution in [2.75, 3.05) is 26.2 Å². The molecule has 9 heteroatoms. The molecule has 0 unspecified atom stereocenters. The molecule has 0 atom stereocenters. The molecule has 2 amide bonds. The average molecular weight is 477 g/mol. The maximum Gasteiger partial charge on any atom is 0.410 e. The maximum absolute atomic E-state index is 11.8. The van der Waals surface area contributed by atoms with E-state index in [0.717, 1.165) is 38.8 Å². The number of ether oxygens (including phenoxy) is 2. The second kappa shape index (κ2) is 12.2. The van der Waals surface area contributed by atoms with Crippen LogP contribution in [0.25, 0.3) is 0 Å². The zero-order valence-electron chi connectivity index (χ0n) is 20.1. The number of amides is 2. The Hall–Kier alpha value is -1.09. The van der Waals surface area contributed by atoms with Crippen molar-refractivity contribution in [3.8, 4) is 0 Å². The van der Waals surface area contributed by atoms with Crippen molar-refractivity contribution in [2.24, 2.45) is 0 Å². The summed E-state index contributed by atoms with van der Waals surface area (Å²) in [6.07, 6.45) is 3.21. The van der Waals surface area contributed by atoms with Crippen LogP contribution in [0, 0.1) is 0 Å². The SMILES string of the molecule is CC(=O)SC1CCN(C(=O)OC(C)(C)C)CC1.CC(C)(C)OC(=O)N1CCC(S)CC1. The molecule has 2 rings (SSSR count). The predicted molar refractivity (Wildman–Crippen MR) is 129 cm³/mol. The lowest BCUT2D eigenvalue weighted by Crippen LogP contribution is -2.42. The molecule has 0 spiro atoms. The van der Waals surface area contributed by atoms with Gasteiger partial charge in [0.2, 0.25) is 0 Å². The average Bonchev–Trinajstić information content (AvgIpc) is 2.60. The first-order valence-electron chi connectivity index (χ1n) is 11.0. The summed E-state index contributed by atoms with van der Waals surface area (Å²) in [7, 11) is 0. The third-order valence-electron chi connectivity index (χ3n) is 4.54. The molecule has 7 nitrogen and oxygen atoms in total. The standard InChI is InChI=1S/C12H21NO3S.C10H19NO2S/c1-9(14)17-10-5-7-13(8-6-10)11(15)16-12(2,3)4;1-10(2,3)13-9(12)11-6-4-8(14)5-7-11/h10H,5-8H2,1-4H3;8,14H,4-7H2,1-3H3. The van der Waals surface area contributed by atoms with Crippen LogP contribution < -0.4 is 0 Å². The summed E-state index contributed by atoms with van der Waals surface area (Å²) in [6, 6.07) is 0. The molecular weight excluding hydrogens is 436 g/mol. The number of likely N-dealkylation sites (tertiary alicyclic amines) is 2. The molecule has 2 fully saturated rings. The van der Waals surface area contributed by atoms with Gasteiger partial charge in [-0.1, -0.05) is 11.8 Å². The fourth-order valence-electron chi connectivity index (χ4n) is 3.09. The highest BCUT2D eigenvalue weighted by Crippen LogP contribution is 2.24. The monoisotopic (exact) mass is 476 g/mol. The van der Waals surface area contributed by atoms with Crippen LogP contribution in [0.1, 0.15) is 74.1 Å². The van der Waals surface area contributed by atoms with E-state index in [1.165, 1.54) is 11.8 Å². The van der Waals surface area contributed by atoms with Crippen molar-refractivity contribution in [3.63, 3.8) is 0 Å². The van der Waals surface area contributed by atoms with Gasteiger partial charge in [0, 0.05) is 43.6 Å². The predicted octanol–water partition coefficient (Wildman–Crippen LogP) is 4.98. The number of carbonyl (C=O) groups excluding carboxylic acids is 3. The van der Waals surface area contributed by atoms with E-state index in [9.17, 15) is 14.4 Å². The van der Waals surface area contributed by atoms with Gasteiger partial charge in [-0.3, -0.25) is 4.79 Å². The highest BCUT2D eigenvalue weighted by Gasteiger charge is 2.28. The van der Waals surface area contributed by atoms with Gasteiger partial charge in [-0.05, 0) is 67.2 Å². The van der Waals surface area contributed by atoms with Crippen LogP contribution in [0.4, 0.5) is 9.59 Å². The van der Waals surface area contributed by atoms with E-state index < -0.39 is 11.2 Å². The number of piperidine rings is 2. The summed E-state index contributed by atoms with van der Waals surface area (Å²) < 4.78 is 10.6. The lowest BCUT2D eigenvalue weighted by molar-refractivity contribution is -0.109. The van der Waals surface area contributed by atoms with Gasteiger partial charge in [0.25, 0.3) is 0 Å². The molecule has 31 heavy (non-hydrogen) atoms. The first-order valence-corrected chi connectivity index (χ1v) is 12.4. The number of nitrogens with zero attached hydrogens (tertiary/aromatic N) is 2.